The third-order valence-corrected chi connectivity index (χ3v) is 5.26. The summed E-state index contributed by atoms with van der Waals surface area (Å²) in [5.41, 5.74) is -0.534. The molecule has 1 aliphatic heterocycles. The monoisotopic (exact) mass is 427 g/mol. The zero-order valence-corrected chi connectivity index (χ0v) is 17.7. The highest BCUT2D eigenvalue weighted by Crippen LogP contribution is 2.22. The van der Waals surface area contributed by atoms with Crippen LogP contribution in [0.5, 0.6) is 0 Å². The number of nitro benzene ring substituents is 1. The Morgan fingerprint density at radius 1 is 1.23 bits per heavy atom. The molecular formula is C21H25N5O5. The number of amides is 2. The van der Waals surface area contributed by atoms with E-state index >= 15 is 0 Å². The first-order valence-electron chi connectivity index (χ1n) is 10.1. The third kappa shape index (κ3) is 4.79. The van der Waals surface area contributed by atoms with Gasteiger partial charge in [-0.15, -0.1) is 0 Å². The molecule has 1 aromatic heterocycles. The van der Waals surface area contributed by atoms with Gasteiger partial charge in [0.25, 0.3) is 11.6 Å². The lowest BCUT2D eigenvalue weighted by Gasteiger charge is -2.33. The largest absolute Gasteiger partial charge is 0.348 e. The molecule has 31 heavy (non-hydrogen) atoms. The highest BCUT2D eigenvalue weighted by molar-refractivity contribution is 5.92. The number of nitrogens with one attached hydrogen (secondary N) is 1. The first kappa shape index (κ1) is 22.1. The molecule has 1 aromatic carbocycles. The fourth-order valence-electron chi connectivity index (χ4n) is 3.61. The van der Waals surface area contributed by atoms with Crippen LogP contribution in [0, 0.1) is 23.0 Å². The number of aryl methyl sites for hydroxylation is 1. The van der Waals surface area contributed by atoms with Gasteiger partial charge >= 0.3 is 0 Å². The minimum absolute atomic E-state index is 0.0802. The molecule has 0 atom stereocenters. The lowest BCUT2D eigenvalue weighted by molar-refractivity contribution is -0.384. The molecule has 164 valence electrons. The van der Waals surface area contributed by atoms with Crippen LogP contribution >= 0.6 is 0 Å². The van der Waals surface area contributed by atoms with Crippen LogP contribution in [0.2, 0.25) is 0 Å². The van der Waals surface area contributed by atoms with Gasteiger partial charge in [-0.3, -0.25) is 24.5 Å². The standard InChI is InChI=1S/C21H25N5O5/c1-13(2)21(29)24-10-8-15(9-11-24)22-20(28)19-18(27)12-14(3)25(23-19)16-6-4-5-7-17(16)26(30)31/h4-7,12-13,15H,8-11H2,1-3H3,(H,22,28). The summed E-state index contributed by atoms with van der Waals surface area (Å²) in [7, 11) is 0. The fraction of sp³-hybridized carbons (Fsp3) is 0.429. The Hall–Kier alpha value is -3.56. The van der Waals surface area contributed by atoms with E-state index in [1.165, 1.54) is 28.9 Å². The number of piperidine rings is 1. The zero-order chi connectivity index (χ0) is 22.7. The first-order chi connectivity index (χ1) is 14.7. The van der Waals surface area contributed by atoms with Crippen molar-refractivity contribution in [3.8, 4) is 5.69 Å². The number of carbonyl (C=O) groups excluding carboxylic acids is 2. The highest BCUT2D eigenvalue weighted by atomic mass is 16.6. The number of hydrogen-bond donors (Lipinski definition) is 1. The summed E-state index contributed by atoms with van der Waals surface area (Å²) in [5.74, 6) is -0.633. The van der Waals surface area contributed by atoms with Crippen molar-refractivity contribution in [2.24, 2.45) is 5.92 Å². The Morgan fingerprint density at radius 2 is 1.87 bits per heavy atom. The van der Waals surface area contributed by atoms with Gasteiger partial charge in [-0.25, -0.2) is 4.68 Å². The number of benzene rings is 1. The second-order valence-electron chi connectivity index (χ2n) is 7.88. The molecule has 0 saturated carbocycles. The molecule has 1 aliphatic rings. The molecule has 10 heteroatoms. The van der Waals surface area contributed by atoms with Crippen LogP contribution in [0.15, 0.2) is 35.1 Å². The number of rotatable bonds is 5. The van der Waals surface area contributed by atoms with E-state index in [2.05, 4.69) is 10.4 Å². The van der Waals surface area contributed by atoms with Crippen LogP contribution in [0.3, 0.4) is 0 Å². The normalized spacial score (nSPS) is 14.5. The molecule has 1 fully saturated rings. The van der Waals surface area contributed by atoms with Crippen molar-refractivity contribution in [2.45, 2.75) is 39.7 Å². The number of aromatic nitrogens is 2. The molecule has 1 saturated heterocycles. The van der Waals surface area contributed by atoms with Crippen molar-refractivity contribution in [1.29, 1.82) is 0 Å². The van der Waals surface area contributed by atoms with Crippen LogP contribution in [-0.2, 0) is 4.79 Å². The van der Waals surface area contributed by atoms with Crippen LogP contribution < -0.4 is 10.7 Å². The van der Waals surface area contributed by atoms with Crippen molar-refractivity contribution in [3.63, 3.8) is 0 Å². The maximum atomic E-state index is 12.8. The summed E-state index contributed by atoms with van der Waals surface area (Å²) in [5, 5.41) is 18.3. The minimum atomic E-state index is -0.633. The molecule has 3 rings (SSSR count). The lowest BCUT2D eigenvalue weighted by atomic mass is 10.0. The van der Waals surface area contributed by atoms with Crippen molar-refractivity contribution < 1.29 is 14.5 Å². The molecule has 2 heterocycles. The Morgan fingerprint density at radius 3 is 2.48 bits per heavy atom. The SMILES string of the molecule is Cc1cc(=O)c(C(=O)NC2CCN(C(=O)C(C)C)CC2)nn1-c1ccccc1[N+](=O)[O-]. The smallest absolute Gasteiger partial charge is 0.294 e. The van der Waals surface area contributed by atoms with Crippen LogP contribution in [0.25, 0.3) is 5.69 Å². The Balaban J connectivity index is 1.81. The number of para-hydroxylation sites is 2. The first-order valence-corrected chi connectivity index (χ1v) is 10.1. The predicted molar refractivity (Wildman–Crippen MR) is 113 cm³/mol. The predicted octanol–water partition coefficient (Wildman–Crippen LogP) is 1.83. The Labute approximate surface area is 179 Å². The highest BCUT2D eigenvalue weighted by Gasteiger charge is 2.27. The molecule has 2 aromatic rings. The Bertz CT molecular complexity index is 1070. The fourth-order valence-corrected chi connectivity index (χ4v) is 3.61. The number of likely N-dealkylation sites (tertiary alicyclic amines) is 1. The average Bonchev–Trinajstić information content (AvgIpc) is 2.73. The van der Waals surface area contributed by atoms with Gasteiger partial charge in [0.05, 0.1) is 4.92 Å². The van der Waals surface area contributed by atoms with Crippen LogP contribution in [0.1, 0.15) is 42.9 Å². The molecule has 0 unspecified atom stereocenters. The molecule has 2 amide bonds. The van der Waals surface area contributed by atoms with Gasteiger partial charge in [0.15, 0.2) is 5.69 Å². The summed E-state index contributed by atoms with van der Waals surface area (Å²) in [6.45, 7) is 6.35. The number of nitrogens with zero attached hydrogens (tertiary/aromatic N) is 4. The molecule has 0 radical (unpaired) electrons. The maximum absolute atomic E-state index is 12.8. The molecule has 0 bridgehead atoms. The van der Waals surface area contributed by atoms with Crippen molar-refractivity contribution >= 4 is 17.5 Å². The third-order valence-electron chi connectivity index (χ3n) is 5.26. The van der Waals surface area contributed by atoms with E-state index < -0.39 is 16.3 Å². The summed E-state index contributed by atoms with van der Waals surface area (Å²) < 4.78 is 1.23. The van der Waals surface area contributed by atoms with E-state index in [1.807, 2.05) is 13.8 Å². The van der Waals surface area contributed by atoms with E-state index in [1.54, 1.807) is 17.9 Å². The molecule has 0 aliphatic carbocycles. The van der Waals surface area contributed by atoms with E-state index in [0.717, 1.165) is 0 Å². The summed E-state index contributed by atoms with van der Waals surface area (Å²) >= 11 is 0. The van der Waals surface area contributed by atoms with Gasteiger partial charge in [0, 0.05) is 42.9 Å². The second-order valence-corrected chi connectivity index (χ2v) is 7.88. The maximum Gasteiger partial charge on any atom is 0.294 e. The van der Waals surface area contributed by atoms with Crippen molar-refractivity contribution in [2.75, 3.05) is 13.1 Å². The number of hydrogen-bond acceptors (Lipinski definition) is 6. The van der Waals surface area contributed by atoms with E-state index in [-0.39, 0.29) is 34.9 Å². The van der Waals surface area contributed by atoms with Gasteiger partial charge in [-0.05, 0) is 25.8 Å². The molecule has 10 nitrogen and oxygen atoms in total. The van der Waals surface area contributed by atoms with E-state index in [9.17, 15) is 24.5 Å². The van der Waals surface area contributed by atoms with Gasteiger partial charge in [0.2, 0.25) is 11.3 Å². The van der Waals surface area contributed by atoms with Crippen LogP contribution in [-0.4, -0.2) is 50.5 Å². The summed E-state index contributed by atoms with van der Waals surface area (Å²) in [6.07, 6.45) is 1.16. The summed E-state index contributed by atoms with van der Waals surface area (Å²) in [6, 6.07) is 7.04. The number of nitro groups is 1. The van der Waals surface area contributed by atoms with Crippen LogP contribution in [0.4, 0.5) is 5.69 Å². The summed E-state index contributed by atoms with van der Waals surface area (Å²) in [4.78, 5) is 49.9. The van der Waals surface area contributed by atoms with E-state index in [4.69, 9.17) is 0 Å². The van der Waals surface area contributed by atoms with Crippen molar-refractivity contribution in [3.05, 3.63) is 62.1 Å². The van der Waals surface area contributed by atoms with Crippen molar-refractivity contribution in [1.82, 2.24) is 20.0 Å². The number of carbonyl (C=O) groups is 2. The van der Waals surface area contributed by atoms with Gasteiger partial charge in [-0.1, -0.05) is 26.0 Å². The lowest BCUT2D eigenvalue weighted by Crippen LogP contribution is -2.48. The minimum Gasteiger partial charge on any atom is -0.348 e. The molecule has 0 spiro atoms. The average molecular weight is 427 g/mol. The second kappa shape index (κ2) is 9.07. The van der Waals surface area contributed by atoms with E-state index in [0.29, 0.717) is 31.6 Å². The quantitative estimate of drug-likeness (QED) is 0.573. The van der Waals surface area contributed by atoms with Gasteiger partial charge in [0.1, 0.15) is 5.69 Å². The topological polar surface area (TPSA) is 127 Å². The molecular weight excluding hydrogens is 402 g/mol. The van der Waals surface area contributed by atoms with Gasteiger partial charge in [-0.2, -0.15) is 5.10 Å². The molecule has 1 N–H and O–H groups in total. The Kier molecular flexibility index (Phi) is 6.47. The van der Waals surface area contributed by atoms with Gasteiger partial charge < -0.3 is 10.2 Å². The zero-order valence-electron chi connectivity index (χ0n) is 17.7.